The number of likely N-dealkylation sites (tertiary alicyclic amines) is 1. The van der Waals surface area contributed by atoms with Crippen molar-refractivity contribution in [2.45, 2.75) is 51.4 Å². The molecule has 5 nitrogen and oxygen atoms in total. The lowest BCUT2D eigenvalue weighted by Crippen LogP contribution is -2.73. The first-order chi connectivity index (χ1) is 10.1. The lowest BCUT2D eigenvalue weighted by molar-refractivity contribution is -0.281. The van der Waals surface area contributed by atoms with Gasteiger partial charge in [-0.05, 0) is 33.3 Å². The van der Waals surface area contributed by atoms with E-state index in [9.17, 15) is 15.0 Å². The first-order valence-corrected chi connectivity index (χ1v) is 7.62. The SMILES string of the molecule is C[C@@H](N(C(=O)[O-])C(C)(C)C)C1(O)CN(Cc2ccccc2)C1. The molecule has 1 aromatic carbocycles. The fourth-order valence-electron chi connectivity index (χ4n) is 3.20. The number of carboxylic acid groups (broad SMARTS) is 1. The van der Waals surface area contributed by atoms with E-state index in [2.05, 4.69) is 4.90 Å². The Hall–Kier alpha value is -1.59. The van der Waals surface area contributed by atoms with Crippen molar-refractivity contribution in [2.75, 3.05) is 13.1 Å². The lowest BCUT2D eigenvalue weighted by atomic mass is 9.84. The van der Waals surface area contributed by atoms with E-state index in [1.54, 1.807) is 6.92 Å². The van der Waals surface area contributed by atoms with Crippen LogP contribution >= 0.6 is 0 Å². The van der Waals surface area contributed by atoms with Crippen molar-refractivity contribution < 1.29 is 15.0 Å². The molecule has 0 unspecified atom stereocenters. The van der Waals surface area contributed by atoms with Crippen molar-refractivity contribution in [3.8, 4) is 0 Å². The van der Waals surface area contributed by atoms with Gasteiger partial charge in [-0.15, -0.1) is 0 Å². The van der Waals surface area contributed by atoms with E-state index in [1.807, 2.05) is 51.1 Å². The number of aliphatic hydroxyl groups is 1. The molecule has 1 N–H and O–H groups in total. The molecule has 1 aromatic rings. The minimum Gasteiger partial charge on any atom is -0.530 e. The normalized spacial score (nSPS) is 19.3. The zero-order valence-corrected chi connectivity index (χ0v) is 13.7. The Kier molecular flexibility index (Phi) is 4.49. The summed E-state index contributed by atoms with van der Waals surface area (Å²) in [5.41, 5.74) is -0.444. The van der Waals surface area contributed by atoms with Gasteiger partial charge >= 0.3 is 0 Å². The molecule has 1 heterocycles. The maximum absolute atomic E-state index is 11.4. The molecule has 1 fully saturated rings. The van der Waals surface area contributed by atoms with Crippen molar-refractivity contribution in [2.24, 2.45) is 0 Å². The molecule has 1 amide bonds. The van der Waals surface area contributed by atoms with Crippen LogP contribution in [0.25, 0.3) is 0 Å². The van der Waals surface area contributed by atoms with Gasteiger partial charge in [0.1, 0.15) is 11.7 Å². The highest BCUT2D eigenvalue weighted by Gasteiger charge is 2.49. The van der Waals surface area contributed by atoms with Crippen LogP contribution in [0.4, 0.5) is 4.79 Å². The highest BCUT2D eigenvalue weighted by atomic mass is 16.4. The molecule has 22 heavy (non-hydrogen) atoms. The van der Waals surface area contributed by atoms with Gasteiger partial charge in [0.15, 0.2) is 0 Å². The van der Waals surface area contributed by atoms with E-state index >= 15 is 0 Å². The third kappa shape index (κ3) is 3.42. The summed E-state index contributed by atoms with van der Waals surface area (Å²) in [7, 11) is 0. The summed E-state index contributed by atoms with van der Waals surface area (Å²) in [6, 6.07) is 9.53. The zero-order valence-electron chi connectivity index (χ0n) is 13.7. The van der Waals surface area contributed by atoms with Crippen molar-refractivity contribution in [3.05, 3.63) is 35.9 Å². The topological polar surface area (TPSA) is 66.8 Å². The van der Waals surface area contributed by atoms with Crippen LogP contribution in [0.15, 0.2) is 30.3 Å². The Morgan fingerprint density at radius 3 is 2.36 bits per heavy atom. The van der Waals surface area contributed by atoms with Gasteiger partial charge in [-0.3, -0.25) is 4.90 Å². The molecule has 1 atom stereocenters. The van der Waals surface area contributed by atoms with E-state index in [1.165, 1.54) is 10.5 Å². The van der Waals surface area contributed by atoms with Gasteiger partial charge in [-0.25, -0.2) is 0 Å². The Bertz CT molecular complexity index is 518. The fraction of sp³-hybridized carbons (Fsp3) is 0.588. The van der Waals surface area contributed by atoms with Crippen LogP contribution in [0.3, 0.4) is 0 Å². The third-order valence-corrected chi connectivity index (χ3v) is 4.33. The fourth-order valence-corrected chi connectivity index (χ4v) is 3.20. The molecule has 0 bridgehead atoms. The van der Waals surface area contributed by atoms with Crippen LogP contribution in [0.1, 0.15) is 33.3 Å². The van der Waals surface area contributed by atoms with E-state index in [0.29, 0.717) is 13.1 Å². The second-order valence-corrected chi connectivity index (χ2v) is 7.22. The third-order valence-electron chi connectivity index (χ3n) is 4.33. The number of carbonyl (C=O) groups excluding carboxylic acids is 1. The molecule has 122 valence electrons. The minimum absolute atomic E-state index is 0.461. The van der Waals surface area contributed by atoms with E-state index in [0.717, 1.165) is 6.54 Å². The molecular weight excluding hydrogens is 280 g/mol. The molecule has 5 heteroatoms. The van der Waals surface area contributed by atoms with Gasteiger partial charge < -0.3 is 19.9 Å². The summed E-state index contributed by atoms with van der Waals surface area (Å²) in [5.74, 6) is 0. The summed E-state index contributed by atoms with van der Waals surface area (Å²) < 4.78 is 0. The summed E-state index contributed by atoms with van der Waals surface area (Å²) >= 11 is 0. The van der Waals surface area contributed by atoms with Gasteiger partial charge in [0.05, 0.1) is 6.04 Å². The van der Waals surface area contributed by atoms with Gasteiger partial charge in [-0.1, -0.05) is 30.3 Å². The molecule has 1 aliphatic rings. The van der Waals surface area contributed by atoms with Crippen LogP contribution in [0.5, 0.6) is 0 Å². The van der Waals surface area contributed by atoms with Crippen LogP contribution in [0.2, 0.25) is 0 Å². The average molecular weight is 305 g/mol. The van der Waals surface area contributed by atoms with E-state index in [4.69, 9.17) is 0 Å². The summed E-state index contributed by atoms with van der Waals surface area (Å²) in [4.78, 5) is 14.8. The largest absolute Gasteiger partial charge is 0.530 e. The van der Waals surface area contributed by atoms with Crippen LogP contribution in [0, 0.1) is 0 Å². The number of carbonyl (C=O) groups is 1. The molecule has 2 rings (SSSR count). The summed E-state index contributed by atoms with van der Waals surface area (Å²) in [6.45, 7) is 8.86. The van der Waals surface area contributed by atoms with Crippen molar-refractivity contribution in [3.63, 3.8) is 0 Å². The van der Waals surface area contributed by atoms with E-state index < -0.39 is 23.3 Å². The maximum Gasteiger partial charge on any atom is 0.137 e. The monoisotopic (exact) mass is 305 g/mol. The minimum atomic E-state index is -1.24. The average Bonchev–Trinajstić information content (AvgIpc) is 2.35. The lowest BCUT2D eigenvalue weighted by Gasteiger charge is -2.55. The molecule has 1 aliphatic heterocycles. The number of hydrogen-bond acceptors (Lipinski definition) is 4. The molecular formula is C17H25N2O3-. The second kappa shape index (κ2) is 5.89. The highest BCUT2D eigenvalue weighted by Crippen LogP contribution is 2.32. The number of nitrogens with zero attached hydrogens (tertiary/aromatic N) is 2. The maximum atomic E-state index is 11.4. The highest BCUT2D eigenvalue weighted by molar-refractivity contribution is 5.64. The second-order valence-electron chi connectivity index (χ2n) is 7.22. The van der Waals surface area contributed by atoms with Crippen molar-refractivity contribution in [1.29, 1.82) is 0 Å². The summed E-state index contributed by atoms with van der Waals surface area (Å²) in [5, 5.41) is 22.2. The van der Waals surface area contributed by atoms with Gasteiger partial charge in [0, 0.05) is 25.2 Å². The molecule has 0 saturated carbocycles. The van der Waals surface area contributed by atoms with Gasteiger partial charge in [0.2, 0.25) is 0 Å². The molecule has 1 saturated heterocycles. The smallest absolute Gasteiger partial charge is 0.137 e. The Labute approximate surface area is 132 Å². The Morgan fingerprint density at radius 1 is 1.36 bits per heavy atom. The van der Waals surface area contributed by atoms with E-state index in [-0.39, 0.29) is 0 Å². The van der Waals surface area contributed by atoms with Crippen LogP contribution in [-0.4, -0.2) is 51.3 Å². The number of amides is 1. The predicted molar refractivity (Wildman–Crippen MR) is 83.1 cm³/mol. The standard InChI is InChI=1S/C17H26N2O3/c1-13(19(15(20)21)16(2,3)4)17(22)11-18(12-17)10-14-8-6-5-7-9-14/h5-9,13,22H,10-12H2,1-4H3,(H,20,21)/p-1/t13-/m1/s1. The Morgan fingerprint density at radius 2 is 1.91 bits per heavy atom. The first-order valence-electron chi connectivity index (χ1n) is 7.62. The zero-order chi connectivity index (χ0) is 16.5. The summed E-state index contributed by atoms with van der Waals surface area (Å²) in [6.07, 6.45) is -1.24. The molecule has 0 aromatic heterocycles. The quantitative estimate of drug-likeness (QED) is 0.903. The molecule has 0 aliphatic carbocycles. The van der Waals surface area contributed by atoms with Gasteiger partial charge in [-0.2, -0.15) is 0 Å². The predicted octanol–water partition coefficient (Wildman–Crippen LogP) is 1.07. The number of rotatable bonds is 4. The van der Waals surface area contributed by atoms with Crippen molar-refractivity contribution in [1.82, 2.24) is 9.80 Å². The first kappa shape index (κ1) is 16.8. The molecule has 0 radical (unpaired) electrons. The molecule has 0 spiro atoms. The number of hydrogen-bond donors (Lipinski definition) is 1. The van der Waals surface area contributed by atoms with Crippen LogP contribution in [-0.2, 0) is 6.54 Å². The van der Waals surface area contributed by atoms with Crippen LogP contribution < -0.4 is 5.11 Å². The van der Waals surface area contributed by atoms with Crippen molar-refractivity contribution >= 4 is 6.09 Å². The number of β-amino-alcohol motifs (C(OH)–C–C–N with tert-alkyl or cyclic N) is 1. The van der Waals surface area contributed by atoms with Gasteiger partial charge in [0.25, 0.3) is 0 Å². The Balaban J connectivity index is 2.00. The number of benzene rings is 1.